The molecule has 0 aliphatic carbocycles. The number of rotatable bonds is 3. The van der Waals surface area contributed by atoms with Gasteiger partial charge in [-0.05, 0) is 24.6 Å². The molecule has 0 aromatic heterocycles. The normalized spacial score (nSPS) is 12.0. The van der Waals surface area contributed by atoms with E-state index in [4.69, 9.17) is 0 Å². The first-order valence-electron chi connectivity index (χ1n) is 4.52. The van der Waals surface area contributed by atoms with Gasteiger partial charge in [-0.2, -0.15) is 0 Å². The summed E-state index contributed by atoms with van der Waals surface area (Å²) in [4.78, 5) is 21.8. The van der Waals surface area contributed by atoms with Crippen molar-refractivity contribution in [3.8, 4) is 0 Å². The van der Waals surface area contributed by atoms with Gasteiger partial charge in [0.1, 0.15) is 12.1 Å². The maximum absolute atomic E-state index is 13.2. The van der Waals surface area contributed by atoms with Crippen molar-refractivity contribution in [1.82, 2.24) is 0 Å². The molecule has 1 aromatic rings. The molecule has 1 N–H and O–H groups in total. The number of benzene rings is 1. The van der Waals surface area contributed by atoms with E-state index in [1.54, 1.807) is 0 Å². The first-order valence-corrected chi connectivity index (χ1v) is 4.52. The zero-order valence-electron chi connectivity index (χ0n) is 8.86. The molecule has 4 nitrogen and oxygen atoms in total. The van der Waals surface area contributed by atoms with Gasteiger partial charge in [-0.3, -0.25) is 4.79 Å². The minimum absolute atomic E-state index is 0.0665. The number of hydrogen-bond donors (Lipinski definition) is 1. The quantitative estimate of drug-likeness (QED) is 0.620. The predicted molar refractivity (Wildman–Crippen MR) is 53.5 cm³/mol. The van der Waals surface area contributed by atoms with Crippen LogP contribution >= 0.6 is 0 Å². The lowest BCUT2D eigenvalue weighted by molar-refractivity contribution is -0.150. The summed E-state index contributed by atoms with van der Waals surface area (Å²) in [5, 5.41) is 9.52. The van der Waals surface area contributed by atoms with Gasteiger partial charge in [0.2, 0.25) is 0 Å². The van der Waals surface area contributed by atoms with Crippen LogP contribution in [0.1, 0.15) is 27.6 Å². The number of aliphatic hydroxyl groups is 1. The third-order valence-electron chi connectivity index (χ3n) is 2.21. The number of carbonyl (C=O) groups is 2. The number of methoxy groups -OCH3 is 1. The second-order valence-electron chi connectivity index (χ2n) is 3.27. The first kappa shape index (κ1) is 12.3. The molecule has 0 spiro atoms. The van der Waals surface area contributed by atoms with Crippen LogP contribution < -0.4 is 0 Å². The molecule has 0 aliphatic rings. The molecule has 0 radical (unpaired) electrons. The Hall–Kier alpha value is -1.75. The molecule has 1 rings (SSSR count). The number of aldehydes is 1. The molecule has 1 atom stereocenters. The van der Waals surface area contributed by atoms with Crippen molar-refractivity contribution in [2.24, 2.45) is 0 Å². The number of aryl methyl sites for hydroxylation is 1. The highest BCUT2D eigenvalue weighted by Crippen LogP contribution is 2.21. The molecule has 0 heterocycles. The van der Waals surface area contributed by atoms with Gasteiger partial charge in [-0.25, -0.2) is 9.18 Å². The summed E-state index contributed by atoms with van der Waals surface area (Å²) >= 11 is 0. The smallest absolute Gasteiger partial charge is 0.339 e. The van der Waals surface area contributed by atoms with Crippen LogP contribution in [0.25, 0.3) is 0 Å². The molecular weight excluding hydrogens is 215 g/mol. The van der Waals surface area contributed by atoms with E-state index in [1.807, 2.05) is 0 Å². The van der Waals surface area contributed by atoms with E-state index < -0.39 is 17.9 Å². The highest BCUT2D eigenvalue weighted by molar-refractivity contribution is 5.84. The topological polar surface area (TPSA) is 63.6 Å². The van der Waals surface area contributed by atoms with Crippen molar-refractivity contribution in [3.63, 3.8) is 0 Å². The second kappa shape index (κ2) is 4.85. The van der Waals surface area contributed by atoms with E-state index in [0.29, 0.717) is 6.29 Å². The maximum atomic E-state index is 13.2. The van der Waals surface area contributed by atoms with Gasteiger partial charge in [0, 0.05) is 11.1 Å². The highest BCUT2D eigenvalue weighted by Gasteiger charge is 2.22. The average Bonchev–Trinajstić information content (AvgIpc) is 2.30. The average molecular weight is 226 g/mol. The van der Waals surface area contributed by atoms with Gasteiger partial charge in [-0.1, -0.05) is 0 Å². The van der Waals surface area contributed by atoms with Crippen LogP contribution in [-0.4, -0.2) is 24.5 Å². The Morgan fingerprint density at radius 2 is 2.19 bits per heavy atom. The minimum Gasteiger partial charge on any atom is -0.467 e. The predicted octanol–water partition coefficient (Wildman–Crippen LogP) is 1.15. The molecule has 0 fully saturated rings. The Morgan fingerprint density at radius 3 is 2.69 bits per heavy atom. The fourth-order valence-corrected chi connectivity index (χ4v) is 1.30. The Balaban J connectivity index is 3.26. The highest BCUT2D eigenvalue weighted by atomic mass is 19.1. The molecule has 0 bridgehead atoms. The van der Waals surface area contributed by atoms with E-state index in [1.165, 1.54) is 13.0 Å². The molecular formula is C11H11FO4. The molecule has 1 aromatic carbocycles. The van der Waals surface area contributed by atoms with Crippen molar-refractivity contribution < 1.29 is 23.8 Å². The van der Waals surface area contributed by atoms with Crippen LogP contribution in [0.5, 0.6) is 0 Å². The molecule has 0 saturated carbocycles. The summed E-state index contributed by atoms with van der Waals surface area (Å²) < 4.78 is 17.6. The Kier molecular flexibility index (Phi) is 3.73. The van der Waals surface area contributed by atoms with Crippen molar-refractivity contribution in [2.75, 3.05) is 7.11 Å². The van der Waals surface area contributed by atoms with Crippen LogP contribution in [0.4, 0.5) is 4.39 Å². The Labute approximate surface area is 91.7 Å². The molecule has 1 unspecified atom stereocenters. The molecule has 0 saturated heterocycles. The van der Waals surface area contributed by atoms with Crippen LogP contribution in [0, 0.1) is 12.7 Å². The Morgan fingerprint density at radius 1 is 1.56 bits per heavy atom. The number of esters is 1. The summed E-state index contributed by atoms with van der Waals surface area (Å²) in [7, 11) is 1.09. The summed E-state index contributed by atoms with van der Waals surface area (Å²) in [5.41, 5.74) is 0.240. The number of ether oxygens (including phenoxy) is 1. The van der Waals surface area contributed by atoms with Crippen LogP contribution in [0.15, 0.2) is 12.1 Å². The standard InChI is InChI=1S/C11H11FO4/c1-6-3-7(5-13)8(4-9(6)12)10(14)11(15)16-2/h3-5,10,14H,1-2H3. The van der Waals surface area contributed by atoms with E-state index >= 15 is 0 Å². The lowest BCUT2D eigenvalue weighted by Crippen LogP contribution is -2.15. The zero-order chi connectivity index (χ0) is 12.3. The minimum atomic E-state index is -1.65. The van der Waals surface area contributed by atoms with E-state index in [2.05, 4.69) is 4.74 Å². The van der Waals surface area contributed by atoms with Gasteiger partial charge in [0.05, 0.1) is 7.11 Å². The zero-order valence-corrected chi connectivity index (χ0v) is 8.86. The Bertz CT molecular complexity index is 428. The third-order valence-corrected chi connectivity index (χ3v) is 2.21. The van der Waals surface area contributed by atoms with Crippen molar-refractivity contribution in [1.29, 1.82) is 0 Å². The van der Waals surface area contributed by atoms with Gasteiger partial charge in [-0.15, -0.1) is 0 Å². The largest absolute Gasteiger partial charge is 0.467 e. The lowest BCUT2D eigenvalue weighted by Gasteiger charge is -2.11. The van der Waals surface area contributed by atoms with Crippen molar-refractivity contribution in [3.05, 3.63) is 34.6 Å². The fraction of sp³-hybridized carbons (Fsp3) is 0.273. The first-order chi connectivity index (χ1) is 7.51. The third kappa shape index (κ3) is 2.25. The number of aliphatic hydroxyl groups excluding tert-OH is 1. The van der Waals surface area contributed by atoms with Gasteiger partial charge in [0.15, 0.2) is 6.10 Å². The van der Waals surface area contributed by atoms with Gasteiger partial charge in [0.25, 0.3) is 0 Å². The van der Waals surface area contributed by atoms with Crippen molar-refractivity contribution >= 4 is 12.3 Å². The van der Waals surface area contributed by atoms with Crippen molar-refractivity contribution in [2.45, 2.75) is 13.0 Å². The lowest BCUT2D eigenvalue weighted by atomic mass is 10.0. The van der Waals surface area contributed by atoms with Crippen LogP contribution in [-0.2, 0) is 9.53 Å². The summed E-state index contributed by atoms with van der Waals surface area (Å²) in [6.45, 7) is 1.48. The molecule has 0 amide bonds. The maximum Gasteiger partial charge on any atom is 0.339 e. The van der Waals surface area contributed by atoms with E-state index in [0.717, 1.165) is 13.2 Å². The summed E-state index contributed by atoms with van der Waals surface area (Å²) in [6, 6.07) is 2.23. The molecule has 5 heteroatoms. The molecule has 0 aliphatic heterocycles. The second-order valence-corrected chi connectivity index (χ2v) is 3.27. The summed E-state index contributed by atoms with van der Waals surface area (Å²) in [5.74, 6) is -1.53. The van der Waals surface area contributed by atoms with Gasteiger partial charge < -0.3 is 9.84 Å². The monoisotopic (exact) mass is 226 g/mol. The van der Waals surface area contributed by atoms with Crippen LogP contribution in [0.2, 0.25) is 0 Å². The van der Waals surface area contributed by atoms with Crippen LogP contribution in [0.3, 0.4) is 0 Å². The molecule has 86 valence electrons. The number of carbonyl (C=O) groups excluding carboxylic acids is 2. The van der Waals surface area contributed by atoms with E-state index in [9.17, 15) is 19.1 Å². The molecule has 16 heavy (non-hydrogen) atoms. The summed E-state index contributed by atoms with van der Waals surface area (Å²) in [6.07, 6.45) is -1.20. The van der Waals surface area contributed by atoms with E-state index in [-0.39, 0.29) is 16.7 Å². The number of hydrogen-bond acceptors (Lipinski definition) is 4. The van der Waals surface area contributed by atoms with Gasteiger partial charge >= 0.3 is 5.97 Å². The SMILES string of the molecule is COC(=O)C(O)c1cc(F)c(C)cc1C=O. The fourth-order valence-electron chi connectivity index (χ4n) is 1.30. The number of halogens is 1.